The fourth-order valence-electron chi connectivity index (χ4n) is 5.40. The molecule has 0 radical (unpaired) electrons. The molecule has 10 nitrogen and oxygen atoms in total. The van der Waals surface area contributed by atoms with Crippen LogP contribution in [0.15, 0.2) is 81.7 Å². The first kappa shape index (κ1) is 35.9. The third-order valence-corrected chi connectivity index (χ3v) is 9.10. The average Bonchev–Trinajstić information content (AvgIpc) is 3.37. The number of thiazole rings is 1. The van der Waals surface area contributed by atoms with Crippen molar-refractivity contribution in [1.82, 2.24) is 4.57 Å². The molecule has 0 bridgehead atoms. The second kappa shape index (κ2) is 15.9. The van der Waals surface area contributed by atoms with Crippen LogP contribution in [0, 0.1) is 3.57 Å². The van der Waals surface area contributed by atoms with Crippen LogP contribution in [0.3, 0.4) is 0 Å². The van der Waals surface area contributed by atoms with E-state index in [0.717, 1.165) is 9.13 Å². The minimum absolute atomic E-state index is 0.141. The Kier molecular flexibility index (Phi) is 11.6. The normalized spacial score (nSPS) is 14.3. The Bertz CT molecular complexity index is 2080. The molecule has 0 fully saturated rings. The van der Waals surface area contributed by atoms with Gasteiger partial charge in [0.25, 0.3) is 5.56 Å². The van der Waals surface area contributed by atoms with Crippen LogP contribution in [0.1, 0.15) is 67.7 Å². The quantitative estimate of drug-likeness (QED) is 0.128. The Morgan fingerprint density at radius 3 is 2.37 bits per heavy atom. The van der Waals surface area contributed by atoms with Gasteiger partial charge in [-0.25, -0.2) is 14.6 Å². The number of allylic oxidation sites excluding steroid dienone is 1. The fraction of sp³-hybridized carbons (Fsp3) is 0.297. The van der Waals surface area contributed by atoms with Crippen molar-refractivity contribution in [3.63, 3.8) is 0 Å². The number of para-hydroxylation sites is 1. The van der Waals surface area contributed by atoms with Gasteiger partial charge in [0.2, 0.25) is 0 Å². The molecule has 1 aromatic heterocycles. The number of hydrogen-bond acceptors (Lipinski definition) is 10. The highest BCUT2D eigenvalue weighted by atomic mass is 127. The number of halogens is 1. The molecular weight excluding hydrogens is 759 g/mol. The van der Waals surface area contributed by atoms with E-state index in [1.165, 1.54) is 15.9 Å². The van der Waals surface area contributed by atoms with E-state index in [2.05, 4.69) is 22.6 Å². The van der Waals surface area contributed by atoms with E-state index in [0.29, 0.717) is 55.6 Å². The topological polar surface area (TPSA) is 115 Å². The van der Waals surface area contributed by atoms with Crippen molar-refractivity contribution in [2.24, 2.45) is 4.99 Å². The third kappa shape index (κ3) is 7.91. The Morgan fingerprint density at radius 2 is 1.69 bits per heavy atom. The lowest BCUT2D eigenvalue weighted by Gasteiger charge is -2.26. The molecule has 256 valence electrons. The molecule has 0 unspecified atom stereocenters. The summed E-state index contributed by atoms with van der Waals surface area (Å²) in [6, 6.07) is 17.3. The summed E-state index contributed by atoms with van der Waals surface area (Å²) in [5.41, 5.74) is 2.95. The summed E-state index contributed by atoms with van der Waals surface area (Å²) >= 11 is 3.40. The number of methoxy groups -OCH3 is 1. The molecule has 3 aromatic carbocycles. The summed E-state index contributed by atoms with van der Waals surface area (Å²) in [6.07, 6.45) is 1.61. The molecule has 0 amide bonds. The lowest BCUT2D eigenvalue weighted by Crippen LogP contribution is -2.40. The van der Waals surface area contributed by atoms with Gasteiger partial charge in [-0.3, -0.25) is 9.36 Å². The molecule has 4 aromatic rings. The Hall–Kier alpha value is -4.43. The van der Waals surface area contributed by atoms with E-state index < -0.39 is 12.0 Å². The minimum atomic E-state index is -0.828. The zero-order valence-electron chi connectivity index (χ0n) is 28.1. The lowest BCUT2D eigenvalue weighted by molar-refractivity contribution is -0.139. The van der Waals surface area contributed by atoms with Crippen molar-refractivity contribution in [2.75, 3.05) is 20.3 Å². The maximum Gasteiger partial charge on any atom is 0.338 e. The highest BCUT2D eigenvalue weighted by molar-refractivity contribution is 14.1. The van der Waals surface area contributed by atoms with Crippen LogP contribution < -0.4 is 29.1 Å². The predicted molar refractivity (Wildman–Crippen MR) is 195 cm³/mol. The molecular formula is C37H37IN2O8S. The maximum atomic E-state index is 14.4. The number of esters is 2. The summed E-state index contributed by atoms with van der Waals surface area (Å²) < 4.78 is 31.5. The average molecular weight is 797 g/mol. The molecule has 5 rings (SSSR count). The third-order valence-electron chi connectivity index (χ3n) is 7.50. The van der Waals surface area contributed by atoms with Gasteiger partial charge in [-0.2, -0.15) is 0 Å². The zero-order chi connectivity index (χ0) is 35.2. The van der Waals surface area contributed by atoms with Crippen molar-refractivity contribution >= 4 is 51.9 Å². The number of hydrogen-bond donors (Lipinski definition) is 0. The summed E-state index contributed by atoms with van der Waals surface area (Å²) in [5, 5.41) is 0. The van der Waals surface area contributed by atoms with E-state index in [9.17, 15) is 14.4 Å². The second-order valence-corrected chi connectivity index (χ2v) is 13.5. The SMILES string of the molecule is CCOC(=O)C1=C(C)N=c2s/c(=C\c3cc(I)cc(OC)c3OCc3ccc(C(=O)OCC)cc3)c(=O)n2[C@H]1c1ccccc1OC(C)C. The van der Waals surface area contributed by atoms with Crippen LogP contribution in [0.5, 0.6) is 17.2 Å². The molecule has 1 aliphatic rings. The van der Waals surface area contributed by atoms with Gasteiger partial charge in [0.15, 0.2) is 16.3 Å². The van der Waals surface area contributed by atoms with E-state index in [1.54, 1.807) is 58.2 Å². The molecule has 0 aliphatic carbocycles. The standard InChI is InChI=1S/C37H37IN2O8S/c1-7-45-35(42)24-15-13-23(14-16-24)20-47-33-25(17-26(38)19-29(33)44-6)18-30-34(41)40-32(27-11-9-10-12-28(27)48-21(3)4)31(36(43)46-8-2)22(5)39-37(40)49-30/h9-19,21,32H,7-8,20H2,1-6H3/b30-18-/t32-/m0/s1. The van der Waals surface area contributed by atoms with Gasteiger partial charge in [0.05, 0.1) is 47.8 Å². The number of rotatable bonds is 12. The molecule has 49 heavy (non-hydrogen) atoms. The summed E-state index contributed by atoms with van der Waals surface area (Å²) in [7, 11) is 1.56. The number of ether oxygens (including phenoxy) is 5. The summed E-state index contributed by atoms with van der Waals surface area (Å²) in [6.45, 7) is 9.73. The fourth-order valence-corrected chi connectivity index (χ4v) is 7.06. The second-order valence-electron chi connectivity index (χ2n) is 11.2. The summed E-state index contributed by atoms with van der Waals surface area (Å²) in [4.78, 5) is 45.0. The van der Waals surface area contributed by atoms with Crippen LogP contribution in [0.25, 0.3) is 6.08 Å². The van der Waals surface area contributed by atoms with E-state index in [-0.39, 0.29) is 36.4 Å². The van der Waals surface area contributed by atoms with Crippen LogP contribution in [-0.4, -0.2) is 42.9 Å². The molecule has 0 saturated carbocycles. The molecule has 2 heterocycles. The van der Waals surface area contributed by atoms with Crippen LogP contribution in [0.2, 0.25) is 0 Å². The van der Waals surface area contributed by atoms with Crippen molar-refractivity contribution in [3.05, 3.63) is 117 Å². The van der Waals surface area contributed by atoms with E-state index in [4.69, 9.17) is 28.7 Å². The van der Waals surface area contributed by atoms with Gasteiger partial charge in [-0.1, -0.05) is 41.7 Å². The van der Waals surface area contributed by atoms with Gasteiger partial charge in [-0.15, -0.1) is 0 Å². The number of fused-ring (bicyclic) bond motifs is 1. The van der Waals surface area contributed by atoms with Crippen LogP contribution >= 0.6 is 33.9 Å². The molecule has 12 heteroatoms. The highest BCUT2D eigenvalue weighted by Gasteiger charge is 2.35. The van der Waals surface area contributed by atoms with Gasteiger partial charge in [-0.05, 0) is 99.2 Å². The number of carbonyl (C=O) groups is 2. The molecule has 1 aliphatic heterocycles. The van der Waals surface area contributed by atoms with Gasteiger partial charge < -0.3 is 23.7 Å². The highest BCUT2D eigenvalue weighted by Crippen LogP contribution is 2.37. The van der Waals surface area contributed by atoms with E-state index >= 15 is 0 Å². The largest absolute Gasteiger partial charge is 0.493 e. The van der Waals surface area contributed by atoms with Crippen molar-refractivity contribution < 1.29 is 33.3 Å². The number of aromatic nitrogens is 1. The number of nitrogens with zero attached hydrogens (tertiary/aromatic N) is 2. The van der Waals surface area contributed by atoms with Crippen molar-refractivity contribution in [3.8, 4) is 17.2 Å². The van der Waals surface area contributed by atoms with Gasteiger partial charge in [0.1, 0.15) is 18.4 Å². The Balaban J connectivity index is 1.62. The first-order chi connectivity index (χ1) is 23.6. The minimum Gasteiger partial charge on any atom is -0.493 e. The number of benzene rings is 3. The predicted octanol–water partition coefficient (Wildman–Crippen LogP) is 5.95. The van der Waals surface area contributed by atoms with Crippen LogP contribution in [-0.2, 0) is 20.9 Å². The molecule has 0 saturated heterocycles. The number of carbonyl (C=O) groups excluding carboxylic acids is 2. The van der Waals surface area contributed by atoms with Gasteiger partial charge in [0, 0.05) is 14.7 Å². The lowest BCUT2D eigenvalue weighted by atomic mass is 9.95. The Labute approximate surface area is 301 Å². The molecule has 1 atom stereocenters. The van der Waals surface area contributed by atoms with Crippen LogP contribution in [0.4, 0.5) is 0 Å². The molecule has 0 spiro atoms. The summed E-state index contributed by atoms with van der Waals surface area (Å²) in [5.74, 6) is 0.560. The molecule has 0 N–H and O–H groups in total. The first-order valence-corrected chi connectivity index (χ1v) is 17.7. The first-order valence-electron chi connectivity index (χ1n) is 15.8. The van der Waals surface area contributed by atoms with Gasteiger partial charge >= 0.3 is 11.9 Å². The van der Waals surface area contributed by atoms with Crippen molar-refractivity contribution in [2.45, 2.75) is 53.4 Å². The van der Waals surface area contributed by atoms with Crippen molar-refractivity contribution in [1.29, 1.82) is 0 Å². The maximum absolute atomic E-state index is 14.4. The smallest absolute Gasteiger partial charge is 0.338 e. The zero-order valence-corrected chi connectivity index (χ0v) is 31.0. The van der Waals surface area contributed by atoms with E-state index in [1.807, 2.05) is 50.2 Å². The monoisotopic (exact) mass is 796 g/mol. The Morgan fingerprint density at radius 1 is 1.00 bits per heavy atom.